The predicted octanol–water partition coefficient (Wildman–Crippen LogP) is 5.14. The second kappa shape index (κ2) is 8.47. The van der Waals surface area contributed by atoms with Crippen molar-refractivity contribution < 1.29 is 9.21 Å². The quantitative estimate of drug-likeness (QED) is 0.539. The standard InChI is InChI=1S/C19H17BrClN3O2/c1-2-24(17-8-5-14(20)11-22-17)19(25)10-9-18-23-12-16(26-18)13-3-6-15(21)7-4-13/h3-8,11-12H,2,9-10H2,1H3. The summed E-state index contributed by atoms with van der Waals surface area (Å²) >= 11 is 9.24. The Balaban J connectivity index is 1.63. The Hall–Kier alpha value is -2.18. The lowest BCUT2D eigenvalue weighted by Crippen LogP contribution is -2.31. The molecular formula is C19H17BrClN3O2. The molecule has 0 unspecified atom stereocenters. The average Bonchev–Trinajstić information content (AvgIpc) is 3.12. The molecule has 0 fully saturated rings. The van der Waals surface area contributed by atoms with E-state index < -0.39 is 0 Å². The van der Waals surface area contributed by atoms with E-state index in [-0.39, 0.29) is 5.91 Å². The van der Waals surface area contributed by atoms with Crippen LogP contribution in [0.5, 0.6) is 0 Å². The topological polar surface area (TPSA) is 59.2 Å². The molecule has 0 spiro atoms. The van der Waals surface area contributed by atoms with Crippen molar-refractivity contribution >= 4 is 39.3 Å². The summed E-state index contributed by atoms with van der Waals surface area (Å²) in [4.78, 5) is 22.7. The van der Waals surface area contributed by atoms with Gasteiger partial charge in [0.1, 0.15) is 5.82 Å². The first-order valence-electron chi connectivity index (χ1n) is 8.19. The van der Waals surface area contributed by atoms with Crippen molar-refractivity contribution in [3.63, 3.8) is 0 Å². The third kappa shape index (κ3) is 4.51. The molecule has 0 saturated heterocycles. The maximum Gasteiger partial charge on any atom is 0.228 e. The smallest absolute Gasteiger partial charge is 0.228 e. The van der Waals surface area contributed by atoms with Crippen LogP contribution in [-0.4, -0.2) is 22.4 Å². The van der Waals surface area contributed by atoms with E-state index in [2.05, 4.69) is 25.9 Å². The largest absolute Gasteiger partial charge is 0.441 e. The fourth-order valence-corrected chi connectivity index (χ4v) is 2.88. The summed E-state index contributed by atoms with van der Waals surface area (Å²) in [5.41, 5.74) is 0.897. The summed E-state index contributed by atoms with van der Waals surface area (Å²) in [5, 5.41) is 0.667. The van der Waals surface area contributed by atoms with E-state index in [1.165, 1.54) is 0 Å². The number of benzene rings is 1. The molecule has 1 amide bonds. The van der Waals surface area contributed by atoms with Crippen LogP contribution in [0.1, 0.15) is 19.2 Å². The number of nitrogens with zero attached hydrogens (tertiary/aromatic N) is 3. The van der Waals surface area contributed by atoms with Crippen LogP contribution in [0.4, 0.5) is 5.82 Å². The molecule has 0 aliphatic heterocycles. The van der Waals surface area contributed by atoms with Crippen molar-refractivity contribution in [1.29, 1.82) is 0 Å². The number of aryl methyl sites for hydroxylation is 1. The molecular weight excluding hydrogens is 418 g/mol. The fourth-order valence-electron chi connectivity index (χ4n) is 2.52. The number of hydrogen-bond donors (Lipinski definition) is 0. The van der Waals surface area contributed by atoms with E-state index in [0.29, 0.717) is 41.9 Å². The number of carbonyl (C=O) groups is 1. The van der Waals surface area contributed by atoms with Crippen LogP contribution in [-0.2, 0) is 11.2 Å². The molecule has 0 atom stereocenters. The molecule has 1 aromatic carbocycles. The van der Waals surface area contributed by atoms with Gasteiger partial charge in [0.05, 0.1) is 6.20 Å². The Morgan fingerprint density at radius 3 is 2.58 bits per heavy atom. The van der Waals surface area contributed by atoms with Crippen LogP contribution in [0.15, 0.2) is 57.7 Å². The van der Waals surface area contributed by atoms with Gasteiger partial charge in [-0.05, 0) is 59.3 Å². The Morgan fingerprint density at radius 1 is 1.15 bits per heavy atom. The monoisotopic (exact) mass is 433 g/mol. The van der Waals surface area contributed by atoms with E-state index >= 15 is 0 Å². The van der Waals surface area contributed by atoms with Gasteiger partial charge in [0, 0.05) is 40.6 Å². The highest BCUT2D eigenvalue weighted by Crippen LogP contribution is 2.23. The zero-order chi connectivity index (χ0) is 18.5. The molecule has 2 heterocycles. The maximum atomic E-state index is 12.5. The van der Waals surface area contributed by atoms with Gasteiger partial charge in [-0.25, -0.2) is 9.97 Å². The van der Waals surface area contributed by atoms with Gasteiger partial charge in [0.25, 0.3) is 0 Å². The van der Waals surface area contributed by atoms with Crippen LogP contribution >= 0.6 is 27.5 Å². The van der Waals surface area contributed by atoms with Gasteiger partial charge in [-0.15, -0.1) is 0 Å². The highest BCUT2D eigenvalue weighted by Gasteiger charge is 2.16. The summed E-state index contributed by atoms with van der Waals surface area (Å²) in [5.74, 6) is 1.80. The van der Waals surface area contributed by atoms with Crippen LogP contribution in [0.25, 0.3) is 11.3 Å². The minimum atomic E-state index is -0.0198. The molecule has 0 bridgehead atoms. The van der Waals surface area contributed by atoms with Crippen molar-refractivity contribution in [3.05, 3.63) is 64.2 Å². The Bertz CT molecular complexity index is 879. The van der Waals surface area contributed by atoms with Gasteiger partial charge >= 0.3 is 0 Å². The number of anilines is 1. The molecule has 2 aromatic heterocycles. The lowest BCUT2D eigenvalue weighted by Gasteiger charge is -2.19. The summed E-state index contributed by atoms with van der Waals surface area (Å²) in [6.45, 7) is 2.47. The molecule has 3 rings (SSSR count). The minimum Gasteiger partial charge on any atom is -0.441 e. The minimum absolute atomic E-state index is 0.0198. The molecule has 26 heavy (non-hydrogen) atoms. The number of oxazole rings is 1. The summed E-state index contributed by atoms with van der Waals surface area (Å²) < 4.78 is 6.62. The number of rotatable bonds is 6. The highest BCUT2D eigenvalue weighted by molar-refractivity contribution is 9.10. The van der Waals surface area contributed by atoms with Gasteiger partial charge in [-0.3, -0.25) is 9.69 Å². The Kier molecular flexibility index (Phi) is 6.06. The van der Waals surface area contributed by atoms with Gasteiger partial charge < -0.3 is 4.42 Å². The molecule has 0 saturated carbocycles. The van der Waals surface area contributed by atoms with Gasteiger partial charge in [0.15, 0.2) is 11.7 Å². The zero-order valence-electron chi connectivity index (χ0n) is 14.2. The lowest BCUT2D eigenvalue weighted by atomic mass is 10.2. The number of amides is 1. The van der Waals surface area contributed by atoms with Crippen molar-refractivity contribution in [2.75, 3.05) is 11.4 Å². The molecule has 0 aliphatic rings. The molecule has 7 heteroatoms. The van der Waals surface area contributed by atoms with E-state index in [1.54, 1.807) is 29.4 Å². The van der Waals surface area contributed by atoms with Crippen LogP contribution in [0, 0.1) is 0 Å². The van der Waals surface area contributed by atoms with E-state index in [1.807, 2.05) is 31.2 Å². The fraction of sp³-hybridized carbons (Fsp3) is 0.211. The number of aromatic nitrogens is 2. The van der Waals surface area contributed by atoms with Crippen molar-refractivity contribution in [2.24, 2.45) is 0 Å². The third-order valence-electron chi connectivity index (χ3n) is 3.84. The van der Waals surface area contributed by atoms with E-state index in [4.69, 9.17) is 16.0 Å². The molecule has 3 aromatic rings. The zero-order valence-corrected chi connectivity index (χ0v) is 16.5. The second-order valence-electron chi connectivity index (χ2n) is 5.60. The van der Waals surface area contributed by atoms with E-state index in [0.717, 1.165) is 10.0 Å². The van der Waals surface area contributed by atoms with Gasteiger partial charge in [-0.2, -0.15) is 0 Å². The summed E-state index contributed by atoms with van der Waals surface area (Å²) in [6, 6.07) is 11.0. The SMILES string of the molecule is CCN(C(=O)CCc1ncc(-c2ccc(Cl)cc2)o1)c1ccc(Br)cn1. The number of halogens is 2. The van der Waals surface area contributed by atoms with Gasteiger partial charge in [-0.1, -0.05) is 11.6 Å². The summed E-state index contributed by atoms with van der Waals surface area (Å²) in [7, 11) is 0. The normalized spacial score (nSPS) is 10.7. The summed E-state index contributed by atoms with van der Waals surface area (Å²) in [6.07, 6.45) is 4.07. The average molecular weight is 435 g/mol. The maximum absolute atomic E-state index is 12.5. The van der Waals surface area contributed by atoms with Gasteiger partial charge in [0.2, 0.25) is 5.91 Å². The third-order valence-corrected chi connectivity index (χ3v) is 4.56. The first kappa shape index (κ1) is 18.6. The van der Waals surface area contributed by atoms with Crippen LogP contribution < -0.4 is 4.90 Å². The molecule has 0 N–H and O–H groups in total. The highest BCUT2D eigenvalue weighted by atomic mass is 79.9. The van der Waals surface area contributed by atoms with Crippen molar-refractivity contribution in [3.8, 4) is 11.3 Å². The molecule has 5 nitrogen and oxygen atoms in total. The number of hydrogen-bond acceptors (Lipinski definition) is 4. The molecule has 0 aliphatic carbocycles. The second-order valence-corrected chi connectivity index (χ2v) is 6.95. The van der Waals surface area contributed by atoms with Crippen LogP contribution in [0.2, 0.25) is 5.02 Å². The first-order valence-corrected chi connectivity index (χ1v) is 9.36. The molecule has 134 valence electrons. The van der Waals surface area contributed by atoms with E-state index in [9.17, 15) is 4.79 Å². The first-order chi connectivity index (χ1) is 12.6. The van der Waals surface area contributed by atoms with Crippen molar-refractivity contribution in [2.45, 2.75) is 19.8 Å². The number of carbonyl (C=O) groups excluding carboxylic acids is 1. The Morgan fingerprint density at radius 2 is 1.92 bits per heavy atom. The van der Waals surface area contributed by atoms with Crippen molar-refractivity contribution in [1.82, 2.24) is 9.97 Å². The Labute approximate surface area is 165 Å². The number of pyridine rings is 1. The predicted molar refractivity (Wildman–Crippen MR) is 105 cm³/mol. The van der Waals surface area contributed by atoms with Crippen LogP contribution in [0.3, 0.4) is 0 Å². The lowest BCUT2D eigenvalue weighted by molar-refractivity contribution is -0.118. The molecule has 0 radical (unpaired) electrons.